The topological polar surface area (TPSA) is 54.8 Å². The molecule has 2 aliphatic heterocycles. The first kappa shape index (κ1) is 23.2. The number of rotatable bonds is 4. The highest BCUT2D eigenvalue weighted by Gasteiger charge is 2.35. The molecular formula is C24H21N3O3S4. The Balaban J connectivity index is 1.70. The lowest BCUT2D eigenvalue weighted by atomic mass is 10.2. The second-order valence-electron chi connectivity index (χ2n) is 7.44. The Kier molecular flexibility index (Phi) is 6.32. The van der Waals surface area contributed by atoms with Crippen molar-refractivity contribution >= 4 is 78.6 Å². The molecule has 0 spiro atoms. The molecule has 1 saturated heterocycles. The number of anilines is 2. The van der Waals surface area contributed by atoms with Crippen molar-refractivity contribution in [3.63, 3.8) is 0 Å². The van der Waals surface area contributed by atoms with Gasteiger partial charge in [-0.15, -0.1) is 11.3 Å². The predicted molar refractivity (Wildman–Crippen MR) is 146 cm³/mol. The van der Waals surface area contributed by atoms with Gasteiger partial charge in [-0.3, -0.25) is 19.1 Å². The summed E-state index contributed by atoms with van der Waals surface area (Å²) in [7, 11) is 1.65. The monoisotopic (exact) mass is 527 g/mol. The Bertz CT molecular complexity index is 1490. The highest BCUT2D eigenvalue weighted by molar-refractivity contribution is 8.31. The lowest BCUT2D eigenvalue weighted by Gasteiger charge is -2.17. The van der Waals surface area contributed by atoms with E-state index < -0.39 is 0 Å². The van der Waals surface area contributed by atoms with Crippen LogP contribution >= 0.6 is 47.1 Å². The molecule has 3 heterocycles. The number of carbonyl (C=O) groups is 1. The number of aromatic nitrogens is 1. The molecule has 1 aromatic heterocycles. The molecule has 3 aromatic rings. The van der Waals surface area contributed by atoms with Crippen LogP contribution < -0.4 is 29.3 Å². The zero-order valence-corrected chi connectivity index (χ0v) is 22.0. The highest BCUT2D eigenvalue weighted by atomic mass is 32.2. The number of thiazole rings is 1. The van der Waals surface area contributed by atoms with Gasteiger partial charge in [-0.1, -0.05) is 53.9 Å². The van der Waals surface area contributed by atoms with Gasteiger partial charge in [0.1, 0.15) is 24.9 Å². The second-order valence-corrected chi connectivity index (χ2v) is 11.1. The number of methoxy groups -OCH3 is 1. The van der Waals surface area contributed by atoms with Crippen molar-refractivity contribution in [1.29, 1.82) is 0 Å². The molecule has 0 N–H and O–H groups in total. The van der Waals surface area contributed by atoms with Crippen LogP contribution in [0.2, 0.25) is 0 Å². The summed E-state index contributed by atoms with van der Waals surface area (Å²) in [6.45, 7) is 5.15. The first-order valence-corrected chi connectivity index (χ1v) is 13.6. The average molecular weight is 528 g/mol. The second kappa shape index (κ2) is 9.26. The fourth-order valence-electron chi connectivity index (χ4n) is 3.97. The van der Waals surface area contributed by atoms with E-state index in [0.29, 0.717) is 31.5 Å². The van der Waals surface area contributed by atoms with Crippen LogP contribution in [-0.2, 0) is 11.3 Å². The summed E-state index contributed by atoms with van der Waals surface area (Å²) in [5.74, 6) is 0.579. The summed E-state index contributed by atoms with van der Waals surface area (Å²) < 4.78 is 8.83. The van der Waals surface area contributed by atoms with Gasteiger partial charge in [0, 0.05) is 24.1 Å². The third-order valence-electron chi connectivity index (χ3n) is 5.60. The number of thiocarbonyl (C=S) groups is 1. The number of para-hydroxylation sites is 1. The Morgan fingerprint density at radius 1 is 1.00 bits per heavy atom. The third-order valence-corrected chi connectivity index (χ3v) is 9.59. The summed E-state index contributed by atoms with van der Waals surface area (Å²) in [5, 5.41) is 0.882. The molecule has 6 nitrogen and oxygen atoms in total. The maximum absolute atomic E-state index is 13.5. The quantitative estimate of drug-likeness (QED) is 0.479. The van der Waals surface area contributed by atoms with Gasteiger partial charge >= 0.3 is 0 Å². The molecule has 0 saturated carbocycles. The van der Waals surface area contributed by atoms with E-state index in [-0.39, 0.29) is 11.5 Å². The van der Waals surface area contributed by atoms with E-state index in [9.17, 15) is 9.59 Å². The normalized spacial score (nSPS) is 18.7. The lowest BCUT2D eigenvalue weighted by molar-refractivity contribution is -0.112. The smallest absolute Gasteiger partial charge is 0.273 e. The average Bonchev–Trinajstić information content (AvgIpc) is 3.48. The van der Waals surface area contributed by atoms with Crippen LogP contribution in [0.15, 0.2) is 58.2 Å². The Hall–Kier alpha value is -2.53. The number of fused-ring (bicyclic) bond motifs is 1. The predicted octanol–water partition coefficient (Wildman–Crippen LogP) is 3.81. The number of carbonyl (C=O) groups excluding carboxylic acids is 1. The largest absolute Gasteiger partial charge is 0.497 e. The van der Waals surface area contributed by atoms with Gasteiger partial charge in [0.2, 0.25) is 0 Å². The number of nitrogens with zero attached hydrogens (tertiary/aromatic N) is 3. The number of amides is 1. The minimum atomic E-state index is -0.194. The summed E-state index contributed by atoms with van der Waals surface area (Å²) in [5.41, 5.74) is 1.66. The van der Waals surface area contributed by atoms with Crippen molar-refractivity contribution in [2.75, 3.05) is 23.5 Å². The van der Waals surface area contributed by atoms with Gasteiger partial charge in [-0.25, -0.2) is 0 Å². The van der Waals surface area contributed by atoms with Gasteiger partial charge < -0.3 is 9.64 Å². The third kappa shape index (κ3) is 3.69. The highest BCUT2D eigenvalue weighted by Crippen LogP contribution is 2.47. The molecule has 2 aromatic carbocycles. The summed E-state index contributed by atoms with van der Waals surface area (Å²) in [6.07, 6.45) is 0. The van der Waals surface area contributed by atoms with E-state index in [1.807, 2.05) is 55.5 Å². The van der Waals surface area contributed by atoms with Crippen molar-refractivity contribution in [2.45, 2.75) is 25.3 Å². The molecule has 2 aliphatic rings. The number of ether oxygens (including phenoxy) is 1. The number of benzene rings is 2. The minimum absolute atomic E-state index is 0.0896. The molecule has 34 heavy (non-hydrogen) atoms. The summed E-state index contributed by atoms with van der Waals surface area (Å²) >= 11 is 9.74. The summed E-state index contributed by atoms with van der Waals surface area (Å²) in [6, 6.07) is 15.3. The van der Waals surface area contributed by atoms with E-state index in [0.717, 1.165) is 27.0 Å². The molecule has 0 atom stereocenters. The van der Waals surface area contributed by atoms with Gasteiger partial charge in [0.05, 0.1) is 18.5 Å². The van der Waals surface area contributed by atoms with Crippen molar-refractivity contribution in [2.24, 2.45) is 0 Å². The molecule has 1 fully saturated rings. The van der Waals surface area contributed by atoms with E-state index in [2.05, 4.69) is 11.8 Å². The van der Waals surface area contributed by atoms with E-state index in [1.54, 1.807) is 23.4 Å². The van der Waals surface area contributed by atoms with Gasteiger partial charge in [-0.05, 0) is 38.1 Å². The molecule has 0 unspecified atom stereocenters. The zero-order valence-electron chi connectivity index (χ0n) is 18.7. The van der Waals surface area contributed by atoms with Gasteiger partial charge in [0.15, 0.2) is 4.32 Å². The standard InChI is InChI=1S/C24H21N3O3S4/c1-4-25-16-13-15(30-3)11-12-17(16)32-22(25)18-20(28)26(5-2)23(33-18)19-21(29)27(24(31)34-19)14-9-7-6-8-10-14/h6-13H,4-5H2,1-3H3. The first-order valence-electron chi connectivity index (χ1n) is 10.7. The molecular weight excluding hydrogens is 507 g/mol. The fourth-order valence-corrected chi connectivity index (χ4v) is 7.97. The molecule has 0 aliphatic carbocycles. The molecule has 10 heteroatoms. The number of thioether (sulfide) groups is 2. The zero-order chi connectivity index (χ0) is 24.0. The van der Waals surface area contributed by atoms with Crippen molar-refractivity contribution in [3.05, 3.63) is 68.1 Å². The fraction of sp³-hybridized carbons (Fsp3) is 0.208. The molecule has 0 bridgehead atoms. The van der Waals surface area contributed by atoms with Crippen molar-refractivity contribution < 1.29 is 9.53 Å². The maximum atomic E-state index is 13.5. The Morgan fingerprint density at radius 2 is 1.76 bits per heavy atom. The van der Waals surface area contributed by atoms with E-state index in [1.165, 1.54) is 28.0 Å². The molecule has 5 rings (SSSR count). The van der Waals surface area contributed by atoms with Crippen LogP contribution in [0.25, 0.3) is 9.93 Å². The SMILES string of the molecule is CCN1C(=c2sc(=C3SC(=S)N(c4ccccc4)C3=O)n(CC)c2=O)Sc2ccc(OC)cc21. The Labute approximate surface area is 214 Å². The summed E-state index contributed by atoms with van der Waals surface area (Å²) in [4.78, 5) is 32.2. The van der Waals surface area contributed by atoms with E-state index >= 15 is 0 Å². The van der Waals surface area contributed by atoms with Gasteiger partial charge in [-0.2, -0.15) is 0 Å². The van der Waals surface area contributed by atoms with Crippen LogP contribution in [0.5, 0.6) is 5.75 Å². The van der Waals surface area contributed by atoms with Crippen LogP contribution in [0.4, 0.5) is 11.4 Å². The van der Waals surface area contributed by atoms with Gasteiger partial charge in [0.25, 0.3) is 11.5 Å². The number of hydrogen-bond donors (Lipinski definition) is 0. The number of hydrogen-bond acceptors (Lipinski definition) is 8. The first-order chi connectivity index (χ1) is 16.5. The molecule has 174 valence electrons. The van der Waals surface area contributed by atoms with Crippen LogP contribution in [0.1, 0.15) is 13.8 Å². The Morgan fingerprint density at radius 3 is 2.44 bits per heavy atom. The van der Waals surface area contributed by atoms with Crippen LogP contribution in [0.3, 0.4) is 0 Å². The lowest BCUT2D eigenvalue weighted by Crippen LogP contribution is -2.35. The van der Waals surface area contributed by atoms with E-state index in [4.69, 9.17) is 17.0 Å². The van der Waals surface area contributed by atoms with Crippen LogP contribution in [0, 0.1) is 0 Å². The molecule has 1 amide bonds. The maximum Gasteiger partial charge on any atom is 0.273 e. The van der Waals surface area contributed by atoms with Crippen molar-refractivity contribution in [1.82, 2.24) is 4.57 Å². The van der Waals surface area contributed by atoms with Crippen molar-refractivity contribution in [3.8, 4) is 5.75 Å². The van der Waals surface area contributed by atoms with Crippen LogP contribution in [-0.4, -0.2) is 28.4 Å². The molecule has 0 radical (unpaired) electrons. The minimum Gasteiger partial charge on any atom is -0.497 e.